The standard InChI is InChI=1S/C15H13N3O3S3/c1-17-9-5-6-11(17)10-13-14(19)18(15(22)23-13)16-24(20,21)12-7-3-2-4-8-12/h2-10,16H,1H3/b13-10+. The van der Waals surface area contributed by atoms with E-state index in [1.54, 1.807) is 24.3 Å². The molecular weight excluding hydrogens is 366 g/mol. The fraction of sp³-hybridized carbons (Fsp3) is 0.0667. The maximum absolute atomic E-state index is 12.5. The summed E-state index contributed by atoms with van der Waals surface area (Å²) in [6, 6.07) is 11.5. The Morgan fingerprint density at radius 2 is 1.88 bits per heavy atom. The third kappa shape index (κ3) is 3.29. The SMILES string of the molecule is Cn1cccc1/C=C1/SC(=S)N(NS(=O)(=O)c2ccccc2)C1=O. The molecule has 2 heterocycles. The molecule has 9 heteroatoms. The zero-order valence-electron chi connectivity index (χ0n) is 12.5. The quantitative estimate of drug-likeness (QED) is 0.651. The van der Waals surface area contributed by atoms with E-state index in [4.69, 9.17) is 12.2 Å². The average Bonchev–Trinajstić information content (AvgIpc) is 3.07. The Kier molecular flexibility index (Phi) is 4.59. The Morgan fingerprint density at radius 1 is 1.17 bits per heavy atom. The normalized spacial score (nSPS) is 17.0. The van der Waals surface area contributed by atoms with Crippen LogP contribution in [0.4, 0.5) is 0 Å². The molecule has 6 nitrogen and oxygen atoms in total. The number of benzene rings is 1. The molecular formula is C15H13N3O3S3. The zero-order chi connectivity index (χ0) is 17.3. The van der Waals surface area contributed by atoms with Crippen LogP contribution >= 0.6 is 24.0 Å². The van der Waals surface area contributed by atoms with Gasteiger partial charge in [0.15, 0.2) is 4.32 Å². The van der Waals surface area contributed by atoms with Gasteiger partial charge < -0.3 is 4.57 Å². The number of thiocarbonyl (C=S) groups is 1. The fourth-order valence-corrected chi connectivity index (χ4v) is 4.39. The van der Waals surface area contributed by atoms with Crippen molar-refractivity contribution in [3.8, 4) is 0 Å². The van der Waals surface area contributed by atoms with Crippen LogP contribution in [-0.4, -0.2) is 28.2 Å². The molecule has 1 N–H and O–H groups in total. The topological polar surface area (TPSA) is 71.4 Å². The van der Waals surface area contributed by atoms with Crippen molar-refractivity contribution >= 4 is 50.3 Å². The lowest BCUT2D eigenvalue weighted by atomic mass is 10.3. The zero-order valence-corrected chi connectivity index (χ0v) is 15.0. The van der Waals surface area contributed by atoms with Gasteiger partial charge in [-0.05, 0) is 30.3 Å². The Balaban J connectivity index is 1.85. The van der Waals surface area contributed by atoms with Gasteiger partial charge in [0, 0.05) is 18.9 Å². The van der Waals surface area contributed by atoms with Gasteiger partial charge in [0.05, 0.1) is 9.80 Å². The highest BCUT2D eigenvalue weighted by molar-refractivity contribution is 8.26. The van der Waals surface area contributed by atoms with E-state index in [9.17, 15) is 13.2 Å². The summed E-state index contributed by atoms with van der Waals surface area (Å²) < 4.78 is 26.7. The van der Waals surface area contributed by atoms with E-state index in [0.29, 0.717) is 4.91 Å². The van der Waals surface area contributed by atoms with Gasteiger partial charge in [-0.3, -0.25) is 4.79 Å². The van der Waals surface area contributed by atoms with E-state index in [2.05, 4.69) is 4.83 Å². The monoisotopic (exact) mass is 379 g/mol. The Hall–Kier alpha value is -1.94. The van der Waals surface area contributed by atoms with Crippen molar-refractivity contribution in [2.75, 3.05) is 0 Å². The molecule has 3 rings (SSSR count). The van der Waals surface area contributed by atoms with Crippen LogP contribution in [0.1, 0.15) is 5.69 Å². The lowest BCUT2D eigenvalue weighted by Crippen LogP contribution is -2.44. The number of thioether (sulfide) groups is 1. The number of aryl methyl sites for hydroxylation is 1. The average molecular weight is 379 g/mol. The smallest absolute Gasteiger partial charge is 0.281 e. The molecule has 124 valence electrons. The molecule has 0 aliphatic carbocycles. The summed E-state index contributed by atoms with van der Waals surface area (Å²) in [7, 11) is -2.03. The summed E-state index contributed by atoms with van der Waals surface area (Å²) >= 11 is 6.19. The molecule has 0 radical (unpaired) electrons. The van der Waals surface area contributed by atoms with Gasteiger partial charge >= 0.3 is 0 Å². The summed E-state index contributed by atoms with van der Waals surface area (Å²) in [5.74, 6) is -0.495. The molecule has 24 heavy (non-hydrogen) atoms. The van der Waals surface area contributed by atoms with Gasteiger partial charge in [-0.25, -0.2) is 13.4 Å². The van der Waals surface area contributed by atoms with Gasteiger partial charge in [0.2, 0.25) is 0 Å². The van der Waals surface area contributed by atoms with Crippen molar-refractivity contribution < 1.29 is 13.2 Å². The minimum Gasteiger partial charge on any atom is -0.351 e. The number of nitrogens with zero attached hydrogens (tertiary/aromatic N) is 2. The van der Waals surface area contributed by atoms with E-state index in [-0.39, 0.29) is 9.22 Å². The first-order valence-corrected chi connectivity index (χ1v) is 9.56. The predicted molar refractivity (Wildman–Crippen MR) is 97.2 cm³/mol. The first kappa shape index (κ1) is 16.9. The number of sulfonamides is 1. The largest absolute Gasteiger partial charge is 0.351 e. The van der Waals surface area contributed by atoms with Crippen LogP contribution < -0.4 is 4.83 Å². The van der Waals surface area contributed by atoms with E-state index >= 15 is 0 Å². The molecule has 0 atom stereocenters. The Morgan fingerprint density at radius 3 is 2.50 bits per heavy atom. The molecule has 0 saturated carbocycles. The summed E-state index contributed by atoms with van der Waals surface area (Å²) in [6.07, 6.45) is 3.53. The molecule has 0 spiro atoms. The molecule has 1 saturated heterocycles. The predicted octanol–water partition coefficient (Wildman–Crippen LogP) is 2.12. The molecule has 1 aliphatic heterocycles. The third-order valence-corrected chi connectivity index (χ3v) is 5.94. The van der Waals surface area contributed by atoms with Crippen LogP contribution in [-0.2, 0) is 21.9 Å². The second kappa shape index (κ2) is 6.52. The van der Waals surface area contributed by atoms with E-state index in [1.165, 1.54) is 12.1 Å². The maximum Gasteiger partial charge on any atom is 0.281 e. The van der Waals surface area contributed by atoms with E-state index in [1.807, 2.05) is 29.9 Å². The number of aromatic nitrogens is 1. The van der Waals surface area contributed by atoms with Crippen molar-refractivity contribution in [2.24, 2.45) is 7.05 Å². The second-order valence-corrected chi connectivity index (χ2v) is 8.31. The van der Waals surface area contributed by atoms with Crippen LogP contribution in [0.5, 0.6) is 0 Å². The van der Waals surface area contributed by atoms with Gasteiger partial charge in [-0.1, -0.05) is 42.2 Å². The van der Waals surface area contributed by atoms with Crippen molar-refractivity contribution in [1.82, 2.24) is 14.4 Å². The third-order valence-electron chi connectivity index (χ3n) is 3.32. The van der Waals surface area contributed by atoms with Crippen molar-refractivity contribution in [2.45, 2.75) is 4.90 Å². The molecule has 0 bridgehead atoms. The number of rotatable bonds is 4. The molecule has 1 fully saturated rings. The highest BCUT2D eigenvalue weighted by Crippen LogP contribution is 2.31. The minimum atomic E-state index is -3.88. The van der Waals surface area contributed by atoms with Crippen LogP contribution in [0.3, 0.4) is 0 Å². The minimum absolute atomic E-state index is 0.0606. The first-order chi connectivity index (χ1) is 11.4. The molecule has 1 aromatic carbocycles. The number of carbonyl (C=O) groups is 1. The highest BCUT2D eigenvalue weighted by atomic mass is 32.2. The lowest BCUT2D eigenvalue weighted by Gasteiger charge is -2.15. The van der Waals surface area contributed by atoms with Crippen LogP contribution in [0.15, 0.2) is 58.5 Å². The molecule has 0 unspecified atom stereocenters. The number of carbonyl (C=O) groups excluding carboxylic acids is 1. The summed E-state index contributed by atoms with van der Waals surface area (Å²) in [6.45, 7) is 0. The Labute approximate surface area is 149 Å². The molecule has 2 aromatic rings. The van der Waals surface area contributed by atoms with Gasteiger partial charge in [-0.15, -0.1) is 4.83 Å². The number of amides is 1. The summed E-state index contributed by atoms with van der Waals surface area (Å²) in [4.78, 5) is 15.1. The van der Waals surface area contributed by atoms with Gasteiger partial charge in [0.1, 0.15) is 0 Å². The molecule has 1 aliphatic rings. The maximum atomic E-state index is 12.5. The Bertz CT molecular complexity index is 933. The van der Waals surface area contributed by atoms with Gasteiger partial charge in [-0.2, -0.15) is 0 Å². The summed E-state index contributed by atoms with van der Waals surface area (Å²) in [5, 5.41) is 0.886. The fourth-order valence-electron chi connectivity index (χ4n) is 2.08. The second-order valence-electron chi connectivity index (χ2n) is 4.97. The number of hydrazine groups is 1. The number of hydrogen-bond donors (Lipinski definition) is 1. The van der Waals surface area contributed by atoms with Gasteiger partial charge in [0.25, 0.3) is 15.9 Å². The van der Waals surface area contributed by atoms with Crippen molar-refractivity contribution in [1.29, 1.82) is 0 Å². The van der Waals surface area contributed by atoms with Crippen molar-refractivity contribution in [3.63, 3.8) is 0 Å². The van der Waals surface area contributed by atoms with E-state index < -0.39 is 15.9 Å². The highest BCUT2D eigenvalue weighted by Gasteiger charge is 2.35. The van der Waals surface area contributed by atoms with Crippen LogP contribution in [0.2, 0.25) is 0 Å². The number of hydrogen-bond acceptors (Lipinski definition) is 5. The van der Waals surface area contributed by atoms with Crippen LogP contribution in [0.25, 0.3) is 6.08 Å². The van der Waals surface area contributed by atoms with Crippen molar-refractivity contribution in [3.05, 3.63) is 59.3 Å². The van der Waals surface area contributed by atoms with Crippen LogP contribution in [0, 0.1) is 0 Å². The summed E-state index contributed by atoms with van der Waals surface area (Å²) in [5.41, 5.74) is 0.821. The number of nitrogens with one attached hydrogen (secondary N) is 1. The lowest BCUT2D eigenvalue weighted by molar-refractivity contribution is -0.123. The first-order valence-electron chi connectivity index (χ1n) is 6.85. The van der Waals surface area contributed by atoms with E-state index in [0.717, 1.165) is 22.5 Å². The molecule has 1 amide bonds. The molecule has 1 aromatic heterocycles.